The highest BCUT2D eigenvalue weighted by Gasteiger charge is 1.96. The number of aliphatic imine (C=N–C) groups is 2. The standard InChI is InChI=1S/C18H39N5/c1-3-5-7-9-11-13-15-21-17(19)23-18(20)22-16-14-12-10-8-6-4-2/h3-16H2,1-2H3,(H5,19,20,21,22,23). The molecule has 0 aliphatic carbocycles. The van der Waals surface area contributed by atoms with Crippen molar-refractivity contribution in [3.05, 3.63) is 0 Å². The summed E-state index contributed by atoms with van der Waals surface area (Å²) in [5, 5.41) is 2.86. The second-order valence-corrected chi connectivity index (χ2v) is 6.19. The van der Waals surface area contributed by atoms with E-state index in [1.807, 2.05) is 0 Å². The average molecular weight is 326 g/mol. The fraction of sp³-hybridized carbons (Fsp3) is 0.889. The normalized spacial score (nSPS) is 12.6. The maximum absolute atomic E-state index is 5.80. The lowest BCUT2D eigenvalue weighted by Crippen LogP contribution is -2.41. The minimum atomic E-state index is 0.378. The Bertz CT molecular complexity index is 283. The number of nitrogens with one attached hydrogen (secondary N) is 1. The molecule has 0 atom stereocenters. The Morgan fingerprint density at radius 2 is 0.957 bits per heavy atom. The average Bonchev–Trinajstić information content (AvgIpc) is 2.53. The lowest BCUT2D eigenvalue weighted by molar-refractivity contribution is 0.611. The van der Waals surface area contributed by atoms with Crippen LogP contribution in [0.3, 0.4) is 0 Å². The van der Waals surface area contributed by atoms with Crippen molar-refractivity contribution in [2.45, 2.75) is 90.9 Å². The van der Waals surface area contributed by atoms with Crippen molar-refractivity contribution < 1.29 is 0 Å². The minimum absolute atomic E-state index is 0.378. The third kappa shape index (κ3) is 16.9. The van der Waals surface area contributed by atoms with E-state index in [0.29, 0.717) is 11.9 Å². The van der Waals surface area contributed by atoms with Crippen LogP contribution < -0.4 is 16.8 Å². The molecule has 0 aliphatic rings. The monoisotopic (exact) mass is 325 g/mol. The van der Waals surface area contributed by atoms with E-state index in [1.165, 1.54) is 64.2 Å². The maximum atomic E-state index is 5.80. The Morgan fingerprint density at radius 1 is 0.609 bits per heavy atom. The first-order valence-electron chi connectivity index (χ1n) is 9.57. The Labute approximate surface area is 143 Å². The summed E-state index contributed by atoms with van der Waals surface area (Å²) in [4.78, 5) is 8.57. The lowest BCUT2D eigenvalue weighted by Gasteiger charge is -2.05. The first kappa shape index (κ1) is 21.7. The number of rotatable bonds is 14. The van der Waals surface area contributed by atoms with Gasteiger partial charge in [0, 0.05) is 13.1 Å². The molecule has 0 radical (unpaired) electrons. The van der Waals surface area contributed by atoms with Gasteiger partial charge < -0.3 is 11.5 Å². The van der Waals surface area contributed by atoms with Gasteiger partial charge in [0.2, 0.25) is 0 Å². The number of nitrogens with zero attached hydrogens (tertiary/aromatic N) is 2. The van der Waals surface area contributed by atoms with Crippen LogP contribution >= 0.6 is 0 Å². The van der Waals surface area contributed by atoms with Crippen LogP contribution in [-0.4, -0.2) is 25.0 Å². The van der Waals surface area contributed by atoms with Gasteiger partial charge in [-0.05, 0) is 12.8 Å². The van der Waals surface area contributed by atoms with Gasteiger partial charge in [-0.3, -0.25) is 15.3 Å². The second kappa shape index (κ2) is 17.1. The van der Waals surface area contributed by atoms with E-state index >= 15 is 0 Å². The number of nitrogens with two attached hydrogens (primary N) is 2. The van der Waals surface area contributed by atoms with Gasteiger partial charge in [-0.25, -0.2) is 0 Å². The molecule has 23 heavy (non-hydrogen) atoms. The van der Waals surface area contributed by atoms with Crippen LogP contribution in [0.25, 0.3) is 0 Å². The van der Waals surface area contributed by atoms with Crippen LogP contribution in [0.2, 0.25) is 0 Å². The zero-order valence-electron chi connectivity index (χ0n) is 15.4. The first-order chi connectivity index (χ1) is 11.2. The second-order valence-electron chi connectivity index (χ2n) is 6.19. The van der Waals surface area contributed by atoms with Crippen molar-refractivity contribution in [1.29, 1.82) is 0 Å². The fourth-order valence-electron chi connectivity index (χ4n) is 2.39. The molecule has 0 rings (SSSR count). The number of guanidine groups is 2. The molecule has 136 valence electrons. The minimum Gasteiger partial charge on any atom is -0.370 e. The van der Waals surface area contributed by atoms with Crippen molar-refractivity contribution in [2.75, 3.05) is 13.1 Å². The van der Waals surface area contributed by atoms with E-state index in [-0.39, 0.29) is 0 Å². The van der Waals surface area contributed by atoms with Crippen molar-refractivity contribution in [1.82, 2.24) is 5.32 Å². The predicted octanol–water partition coefficient (Wildman–Crippen LogP) is 3.93. The van der Waals surface area contributed by atoms with Crippen LogP contribution in [0.5, 0.6) is 0 Å². The topological polar surface area (TPSA) is 88.8 Å². The van der Waals surface area contributed by atoms with E-state index in [0.717, 1.165) is 25.9 Å². The van der Waals surface area contributed by atoms with Gasteiger partial charge in [0.1, 0.15) is 0 Å². The van der Waals surface area contributed by atoms with Gasteiger partial charge in [-0.1, -0.05) is 78.1 Å². The van der Waals surface area contributed by atoms with E-state index < -0.39 is 0 Å². The summed E-state index contributed by atoms with van der Waals surface area (Å²) >= 11 is 0. The molecule has 0 fully saturated rings. The predicted molar refractivity (Wildman–Crippen MR) is 103 cm³/mol. The largest absolute Gasteiger partial charge is 0.370 e. The molecule has 0 aromatic heterocycles. The molecule has 5 heteroatoms. The molecule has 5 nitrogen and oxygen atoms in total. The summed E-state index contributed by atoms with van der Waals surface area (Å²) in [6.07, 6.45) is 15.1. The van der Waals surface area contributed by atoms with Gasteiger partial charge in [0.25, 0.3) is 0 Å². The summed E-state index contributed by atoms with van der Waals surface area (Å²) < 4.78 is 0. The molecule has 0 aromatic rings. The molecule has 0 unspecified atom stereocenters. The molecule has 5 N–H and O–H groups in total. The highest BCUT2D eigenvalue weighted by Crippen LogP contribution is 2.05. The SMILES string of the molecule is CCCCCCCCN=C(N)NC(N)=NCCCCCCCC. The van der Waals surface area contributed by atoms with Crippen LogP contribution in [0.15, 0.2) is 9.98 Å². The highest BCUT2D eigenvalue weighted by molar-refractivity contribution is 5.96. The number of hydrogen-bond donors (Lipinski definition) is 3. The summed E-state index contributed by atoms with van der Waals surface area (Å²) in [5.74, 6) is 0.755. The van der Waals surface area contributed by atoms with E-state index in [4.69, 9.17) is 11.5 Å². The third-order valence-electron chi connectivity index (χ3n) is 3.84. The smallest absolute Gasteiger partial charge is 0.195 e. The van der Waals surface area contributed by atoms with Crippen LogP contribution in [0.1, 0.15) is 90.9 Å². The molecular formula is C18H39N5. The van der Waals surface area contributed by atoms with E-state index in [1.54, 1.807) is 0 Å². The Hall–Kier alpha value is -1.26. The van der Waals surface area contributed by atoms with Gasteiger partial charge in [0.15, 0.2) is 11.9 Å². The molecule has 0 aliphatic heterocycles. The third-order valence-corrected chi connectivity index (χ3v) is 3.84. The summed E-state index contributed by atoms with van der Waals surface area (Å²) in [6.45, 7) is 5.98. The zero-order chi connectivity index (χ0) is 17.2. The first-order valence-corrected chi connectivity index (χ1v) is 9.57. The zero-order valence-corrected chi connectivity index (χ0v) is 15.4. The maximum Gasteiger partial charge on any atom is 0.195 e. The van der Waals surface area contributed by atoms with E-state index in [2.05, 4.69) is 29.1 Å². The van der Waals surface area contributed by atoms with Crippen molar-refractivity contribution in [3.8, 4) is 0 Å². The number of hydrogen-bond acceptors (Lipinski definition) is 2. The molecular weight excluding hydrogens is 286 g/mol. The van der Waals surface area contributed by atoms with Crippen LogP contribution in [-0.2, 0) is 0 Å². The van der Waals surface area contributed by atoms with Crippen LogP contribution in [0.4, 0.5) is 0 Å². The molecule has 0 heterocycles. The van der Waals surface area contributed by atoms with Gasteiger partial charge in [-0.2, -0.15) is 0 Å². The van der Waals surface area contributed by atoms with Crippen molar-refractivity contribution >= 4 is 11.9 Å². The van der Waals surface area contributed by atoms with Crippen LogP contribution in [0, 0.1) is 0 Å². The van der Waals surface area contributed by atoms with E-state index in [9.17, 15) is 0 Å². The van der Waals surface area contributed by atoms with Crippen molar-refractivity contribution in [2.24, 2.45) is 21.5 Å². The highest BCUT2D eigenvalue weighted by atomic mass is 15.2. The Kier molecular flexibility index (Phi) is 16.2. The number of unbranched alkanes of at least 4 members (excludes halogenated alkanes) is 10. The fourth-order valence-corrected chi connectivity index (χ4v) is 2.39. The van der Waals surface area contributed by atoms with Gasteiger partial charge in [-0.15, -0.1) is 0 Å². The molecule has 0 bridgehead atoms. The van der Waals surface area contributed by atoms with Crippen molar-refractivity contribution in [3.63, 3.8) is 0 Å². The molecule has 0 amide bonds. The lowest BCUT2D eigenvalue weighted by atomic mass is 10.1. The summed E-state index contributed by atoms with van der Waals surface area (Å²) in [6, 6.07) is 0. The molecule has 0 saturated carbocycles. The summed E-state index contributed by atoms with van der Waals surface area (Å²) in [7, 11) is 0. The quantitative estimate of drug-likeness (QED) is 0.257. The molecule has 0 aromatic carbocycles. The van der Waals surface area contributed by atoms with Gasteiger partial charge >= 0.3 is 0 Å². The van der Waals surface area contributed by atoms with Gasteiger partial charge in [0.05, 0.1) is 0 Å². The molecule has 0 saturated heterocycles. The summed E-state index contributed by atoms with van der Waals surface area (Å²) in [5.41, 5.74) is 11.6. The molecule has 0 spiro atoms. The Morgan fingerprint density at radius 3 is 1.35 bits per heavy atom. The Balaban J connectivity index is 3.60.